The van der Waals surface area contributed by atoms with Crippen molar-refractivity contribution in [1.82, 2.24) is 29.5 Å². The molecule has 1 aliphatic rings. The first-order valence-corrected chi connectivity index (χ1v) is 11.3. The number of imidazole rings is 1. The predicted octanol–water partition coefficient (Wildman–Crippen LogP) is 4.87. The number of benzene rings is 1. The molecule has 1 N–H and O–H groups in total. The first kappa shape index (κ1) is 23.2. The van der Waals surface area contributed by atoms with Gasteiger partial charge in [-0.25, -0.2) is 14.5 Å². The van der Waals surface area contributed by atoms with Crippen molar-refractivity contribution >= 4 is 34.5 Å². The van der Waals surface area contributed by atoms with Crippen LogP contribution < -0.4 is 4.90 Å². The Labute approximate surface area is 203 Å². The molecule has 1 aromatic carbocycles. The highest BCUT2D eigenvalue weighted by Gasteiger charge is 2.46. The quantitative estimate of drug-likeness (QED) is 0.429. The molecule has 12 heteroatoms. The number of aromatic amines is 1. The Hall–Kier alpha value is -3.60. The van der Waals surface area contributed by atoms with E-state index in [1.807, 2.05) is 4.90 Å². The molecule has 182 valence electrons. The minimum Gasteiger partial charge on any atom is -0.348 e. The van der Waals surface area contributed by atoms with Crippen molar-refractivity contribution in [2.75, 3.05) is 18.5 Å². The first-order chi connectivity index (χ1) is 16.6. The molecule has 1 aliphatic heterocycles. The number of rotatable bonds is 4. The number of anilines is 2. The lowest BCUT2D eigenvalue weighted by molar-refractivity contribution is -0.176. The van der Waals surface area contributed by atoms with Gasteiger partial charge >= 0.3 is 6.18 Å². The molecule has 4 heterocycles. The van der Waals surface area contributed by atoms with Crippen molar-refractivity contribution < 1.29 is 18.0 Å². The summed E-state index contributed by atoms with van der Waals surface area (Å²) in [6, 6.07) is 5.61. The van der Waals surface area contributed by atoms with Crippen LogP contribution in [0.25, 0.3) is 5.65 Å². The Morgan fingerprint density at radius 2 is 1.97 bits per heavy atom. The maximum atomic E-state index is 14.1. The van der Waals surface area contributed by atoms with Gasteiger partial charge in [-0.05, 0) is 37.5 Å². The van der Waals surface area contributed by atoms with Gasteiger partial charge in [-0.1, -0.05) is 23.7 Å². The van der Waals surface area contributed by atoms with E-state index in [-0.39, 0.29) is 11.3 Å². The average molecular weight is 504 g/mol. The van der Waals surface area contributed by atoms with E-state index in [1.54, 1.807) is 35.8 Å². The van der Waals surface area contributed by atoms with Crippen LogP contribution in [-0.4, -0.2) is 55.1 Å². The van der Waals surface area contributed by atoms with E-state index >= 15 is 0 Å². The molecule has 0 radical (unpaired) electrons. The molecule has 8 nitrogen and oxygen atoms in total. The molecule has 0 aliphatic carbocycles. The topological polar surface area (TPSA) is 82.4 Å². The Bertz CT molecular complexity index is 1400. The van der Waals surface area contributed by atoms with Gasteiger partial charge in [-0.15, -0.1) is 0 Å². The Morgan fingerprint density at radius 3 is 2.63 bits per heavy atom. The molecule has 1 atom stereocenters. The highest BCUT2D eigenvalue weighted by molar-refractivity contribution is 6.29. The monoisotopic (exact) mass is 503 g/mol. The second-order valence-electron chi connectivity index (χ2n) is 8.41. The van der Waals surface area contributed by atoms with Gasteiger partial charge < -0.3 is 14.8 Å². The van der Waals surface area contributed by atoms with Crippen LogP contribution >= 0.6 is 11.6 Å². The van der Waals surface area contributed by atoms with Crippen LogP contribution in [0.4, 0.5) is 24.5 Å². The van der Waals surface area contributed by atoms with Gasteiger partial charge in [0.05, 0.1) is 23.9 Å². The second kappa shape index (κ2) is 8.56. The number of aryl methyl sites for hydroxylation is 2. The molecule has 0 fully saturated rings. The number of carbonyl (C=O) groups excluding carboxylic acids is 1. The summed E-state index contributed by atoms with van der Waals surface area (Å²) in [7, 11) is 1.13. The first-order valence-electron chi connectivity index (χ1n) is 10.9. The van der Waals surface area contributed by atoms with Crippen LogP contribution in [0.3, 0.4) is 0 Å². The zero-order valence-corrected chi connectivity index (χ0v) is 19.6. The number of alkyl halides is 3. The third-order valence-electron chi connectivity index (χ3n) is 6.19. The Morgan fingerprint density at radius 1 is 1.23 bits per heavy atom. The van der Waals surface area contributed by atoms with Crippen molar-refractivity contribution in [3.63, 3.8) is 0 Å². The summed E-state index contributed by atoms with van der Waals surface area (Å²) in [5.41, 5.74) is 3.43. The normalized spacial score (nSPS) is 14.7. The number of hydrogen-bond acceptors (Lipinski definition) is 5. The molecular formula is C23H21ClF3N7O. The van der Waals surface area contributed by atoms with Crippen LogP contribution in [0.15, 0.2) is 42.9 Å². The third kappa shape index (κ3) is 4.09. The van der Waals surface area contributed by atoms with Gasteiger partial charge in [-0.3, -0.25) is 4.79 Å². The third-order valence-corrected chi connectivity index (χ3v) is 6.37. The van der Waals surface area contributed by atoms with Crippen LogP contribution in [0.1, 0.15) is 39.9 Å². The fraction of sp³-hybridized carbons (Fsp3) is 0.304. The van der Waals surface area contributed by atoms with E-state index < -0.39 is 18.1 Å². The number of nitrogens with zero attached hydrogens (tertiary/aromatic N) is 6. The lowest BCUT2D eigenvalue weighted by Crippen LogP contribution is -2.40. The molecule has 0 unspecified atom stereocenters. The zero-order valence-electron chi connectivity index (χ0n) is 18.8. The fourth-order valence-electron chi connectivity index (χ4n) is 4.52. The number of H-pyrrole nitrogens is 1. The Balaban J connectivity index is 1.47. The molecular weight excluding hydrogens is 483 g/mol. The summed E-state index contributed by atoms with van der Waals surface area (Å²) in [6.45, 7) is 2.26. The lowest BCUT2D eigenvalue weighted by Gasteiger charge is -2.32. The highest BCUT2D eigenvalue weighted by atomic mass is 35.5. The van der Waals surface area contributed by atoms with Gasteiger partial charge in [0.15, 0.2) is 16.8 Å². The average Bonchev–Trinajstić information content (AvgIpc) is 3.42. The van der Waals surface area contributed by atoms with Crippen molar-refractivity contribution in [2.45, 2.75) is 32.0 Å². The fourth-order valence-corrected chi connectivity index (χ4v) is 4.70. The lowest BCUT2D eigenvalue weighted by atomic mass is 10.0. The van der Waals surface area contributed by atoms with Gasteiger partial charge in [0, 0.05) is 31.0 Å². The molecule has 0 saturated heterocycles. The van der Waals surface area contributed by atoms with E-state index in [0.29, 0.717) is 33.6 Å². The van der Waals surface area contributed by atoms with Gasteiger partial charge in [0.2, 0.25) is 0 Å². The molecule has 0 spiro atoms. The molecule has 0 bridgehead atoms. The van der Waals surface area contributed by atoms with Gasteiger partial charge in [0.1, 0.15) is 5.69 Å². The molecule has 5 rings (SSSR count). The van der Waals surface area contributed by atoms with Crippen LogP contribution in [0, 0.1) is 6.92 Å². The molecule has 0 saturated carbocycles. The van der Waals surface area contributed by atoms with Crippen molar-refractivity contribution in [3.8, 4) is 0 Å². The maximum absolute atomic E-state index is 14.1. The van der Waals surface area contributed by atoms with E-state index in [9.17, 15) is 18.0 Å². The van der Waals surface area contributed by atoms with Crippen molar-refractivity contribution in [2.24, 2.45) is 0 Å². The van der Waals surface area contributed by atoms with E-state index in [2.05, 4.69) is 20.1 Å². The molecule has 3 aromatic heterocycles. The zero-order chi connectivity index (χ0) is 24.9. The van der Waals surface area contributed by atoms with Gasteiger partial charge in [-0.2, -0.15) is 18.3 Å². The highest BCUT2D eigenvalue weighted by Crippen LogP contribution is 2.39. The SMILES string of the molecule is Cc1[nH]cnc1C(=O)N(C)[C@@H](c1ccc(N2CCCc3c2cnc2cc(Cl)nn32)cc1)C(F)(F)F. The summed E-state index contributed by atoms with van der Waals surface area (Å²) in [5.74, 6) is -0.812. The number of carbonyl (C=O) groups is 1. The minimum absolute atomic E-state index is 0.0409. The van der Waals surface area contributed by atoms with Gasteiger partial charge in [0.25, 0.3) is 5.91 Å². The van der Waals surface area contributed by atoms with E-state index in [0.717, 1.165) is 31.3 Å². The van der Waals surface area contributed by atoms with Crippen LogP contribution in [0.5, 0.6) is 0 Å². The number of amides is 1. The van der Waals surface area contributed by atoms with E-state index in [1.165, 1.54) is 18.5 Å². The summed E-state index contributed by atoms with van der Waals surface area (Å²) < 4.78 is 44.0. The molecule has 1 amide bonds. The number of aromatic nitrogens is 5. The van der Waals surface area contributed by atoms with Crippen molar-refractivity contribution in [1.29, 1.82) is 0 Å². The van der Waals surface area contributed by atoms with Crippen LogP contribution in [-0.2, 0) is 6.42 Å². The Kier molecular flexibility index (Phi) is 5.66. The standard InChI is InChI=1S/C23H21ClF3N7O/c1-13-20(30-12-29-13)22(35)32(2)21(23(25,26)27)14-5-7-15(8-6-14)33-9-3-4-16-17(33)11-28-19-10-18(24)31-34(16)19/h5-8,10-12,21H,3-4,9H2,1-2H3,(H,29,30)/t21-/m0/s1. The molecule has 35 heavy (non-hydrogen) atoms. The summed E-state index contributed by atoms with van der Waals surface area (Å²) in [6.07, 6.45) is -0.0624. The van der Waals surface area contributed by atoms with Crippen molar-refractivity contribution in [3.05, 3.63) is 70.7 Å². The summed E-state index contributed by atoms with van der Waals surface area (Å²) >= 11 is 6.04. The number of fused-ring (bicyclic) bond motifs is 3. The number of halogens is 4. The number of hydrogen-bond donors (Lipinski definition) is 1. The van der Waals surface area contributed by atoms with Crippen LogP contribution in [0.2, 0.25) is 5.15 Å². The summed E-state index contributed by atoms with van der Waals surface area (Å²) in [4.78, 5) is 26.4. The smallest absolute Gasteiger partial charge is 0.348 e. The van der Waals surface area contributed by atoms with E-state index in [4.69, 9.17) is 11.6 Å². The second-order valence-corrected chi connectivity index (χ2v) is 8.80. The largest absolute Gasteiger partial charge is 0.413 e. The number of nitrogens with one attached hydrogen (secondary N) is 1. The minimum atomic E-state index is -4.68. The predicted molar refractivity (Wildman–Crippen MR) is 124 cm³/mol. The maximum Gasteiger partial charge on any atom is 0.413 e. The summed E-state index contributed by atoms with van der Waals surface area (Å²) in [5, 5.41) is 4.65. The molecule has 4 aromatic rings.